The number of thioether (sulfide) groups is 1. The van der Waals surface area contributed by atoms with Crippen molar-refractivity contribution in [3.8, 4) is 0 Å². The molecule has 3 rings (SSSR count). The largest absolute Gasteiger partial charge is 0.325 e. The maximum atomic E-state index is 12.0. The first-order valence-corrected chi connectivity index (χ1v) is 8.36. The van der Waals surface area contributed by atoms with E-state index in [4.69, 9.17) is 0 Å². The number of amides is 2. The number of rotatable bonds is 4. The Kier molecular flexibility index (Phi) is 4.62. The van der Waals surface area contributed by atoms with Gasteiger partial charge in [-0.05, 0) is 42.3 Å². The highest BCUT2D eigenvalue weighted by molar-refractivity contribution is 8.00. The second kappa shape index (κ2) is 6.83. The highest BCUT2D eigenvalue weighted by atomic mass is 32.2. The highest BCUT2D eigenvalue weighted by Gasteiger charge is 2.22. The number of fused-ring (bicyclic) bond motifs is 1. The van der Waals surface area contributed by atoms with Gasteiger partial charge in [0.15, 0.2) is 0 Å². The Bertz CT molecular complexity index is 734. The maximum Gasteiger partial charge on any atom is 0.234 e. The van der Waals surface area contributed by atoms with E-state index < -0.39 is 0 Å². The molecule has 2 heterocycles. The van der Waals surface area contributed by atoms with Crippen molar-refractivity contribution < 1.29 is 9.59 Å². The van der Waals surface area contributed by atoms with Crippen LogP contribution in [-0.2, 0) is 16.0 Å². The van der Waals surface area contributed by atoms with Gasteiger partial charge in [-0.3, -0.25) is 14.6 Å². The van der Waals surface area contributed by atoms with Gasteiger partial charge in [0.2, 0.25) is 11.8 Å². The zero-order chi connectivity index (χ0) is 16.2. The van der Waals surface area contributed by atoms with Crippen LogP contribution < -0.4 is 10.2 Å². The first-order valence-electron chi connectivity index (χ1n) is 7.37. The molecule has 0 radical (unpaired) electrons. The Morgan fingerprint density at radius 1 is 1.26 bits per heavy atom. The van der Waals surface area contributed by atoms with Gasteiger partial charge in [-0.1, -0.05) is 0 Å². The van der Waals surface area contributed by atoms with E-state index in [1.54, 1.807) is 24.2 Å². The molecule has 0 fully saturated rings. The predicted octanol–water partition coefficient (Wildman–Crippen LogP) is 2.72. The van der Waals surface area contributed by atoms with Gasteiger partial charge in [0.05, 0.1) is 5.75 Å². The van der Waals surface area contributed by atoms with Crippen LogP contribution in [-0.4, -0.2) is 29.1 Å². The molecule has 2 amide bonds. The minimum Gasteiger partial charge on any atom is -0.325 e. The van der Waals surface area contributed by atoms with E-state index in [1.165, 1.54) is 11.8 Å². The van der Waals surface area contributed by atoms with Crippen molar-refractivity contribution in [3.05, 3.63) is 48.3 Å². The van der Waals surface area contributed by atoms with Crippen LogP contribution in [0.25, 0.3) is 0 Å². The molecule has 23 heavy (non-hydrogen) atoms. The van der Waals surface area contributed by atoms with Crippen LogP contribution in [0.15, 0.2) is 47.6 Å². The molecule has 0 saturated heterocycles. The number of nitrogens with one attached hydrogen (secondary N) is 1. The fourth-order valence-corrected chi connectivity index (χ4v) is 3.27. The molecule has 1 aromatic heterocycles. The lowest BCUT2D eigenvalue weighted by atomic mass is 10.1. The average Bonchev–Trinajstić information content (AvgIpc) is 2.97. The lowest BCUT2D eigenvalue weighted by molar-refractivity contribution is -0.116. The summed E-state index contributed by atoms with van der Waals surface area (Å²) in [6.45, 7) is 2.28. The van der Waals surface area contributed by atoms with E-state index in [0.29, 0.717) is 12.3 Å². The van der Waals surface area contributed by atoms with E-state index in [2.05, 4.69) is 10.3 Å². The molecule has 0 atom stereocenters. The lowest BCUT2D eigenvalue weighted by Crippen LogP contribution is -2.25. The van der Waals surface area contributed by atoms with E-state index in [-0.39, 0.29) is 11.8 Å². The van der Waals surface area contributed by atoms with Crippen LogP contribution >= 0.6 is 11.8 Å². The van der Waals surface area contributed by atoms with E-state index in [1.807, 2.05) is 30.3 Å². The minimum atomic E-state index is -0.0480. The molecule has 2 aromatic rings. The Hall–Kier alpha value is -2.34. The molecule has 1 aliphatic rings. The van der Waals surface area contributed by atoms with Gasteiger partial charge in [0.1, 0.15) is 0 Å². The minimum absolute atomic E-state index is 0.0480. The Morgan fingerprint density at radius 3 is 2.78 bits per heavy atom. The SMILES string of the molecule is CC(=O)N1CCc2cc(NC(=O)CSc3ccncc3)ccc21. The van der Waals surface area contributed by atoms with Crippen LogP contribution in [0.5, 0.6) is 0 Å². The van der Waals surface area contributed by atoms with Gasteiger partial charge in [-0.25, -0.2) is 0 Å². The molecule has 1 N–H and O–H groups in total. The van der Waals surface area contributed by atoms with Crippen molar-refractivity contribution in [3.63, 3.8) is 0 Å². The van der Waals surface area contributed by atoms with Crippen LogP contribution in [0.2, 0.25) is 0 Å². The van der Waals surface area contributed by atoms with Gasteiger partial charge < -0.3 is 10.2 Å². The molecule has 0 spiro atoms. The monoisotopic (exact) mass is 327 g/mol. The molecule has 1 aliphatic heterocycles. The summed E-state index contributed by atoms with van der Waals surface area (Å²) < 4.78 is 0. The van der Waals surface area contributed by atoms with E-state index in [9.17, 15) is 9.59 Å². The lowest BCUT2D eigenvalue weighted by Gasteiger charge is -2.15. The van der Waals surface area contributed by atoms with Crippen molar-refractivity contribution in [2.45, 2.75) is 18.2 Å². The summed E-state index contributed by atoms with van der Waals surface area (Å²) in [5, 5.41) is 2.91. The Labute approximate surface area is 139 Å². The molecule has 6 heteroatoms. The van der Waals surface area contributed by atoms with Crippen molar-refractivity contribution >= 4 is 35.0 Å². The molecule has 1 aromatic carbocycles. The first kappa shape index (κ1) is 15.6. The second-order valence-electron chi connectivity index (χ2n) is 5.28. The third kappa shape index (κ3) is 3.71. The highest BCUT2D eigenvalue weighted by Crippen LogP contribution is 2.30. The third-order valence-corrected chi connectivity index (χ3v) is 4.67. The van der Waals surface area contributed by atoms with Gasteiger partial charge in [0, 0.05) is 42.1 Å². The molecule has 0 bridgehead atoms. The summed E-state index contributed by atoms with van der Waals surface area (Å²) in [6, 6.07) is 9.45. The molecule has 0 unspecified atom stereocenters. The van der Waals surface area contributed by atoms with Crippen LogP contribution in [0.1, 0.15) is 12.5 Å². The summed E-state index contributed by atoms with van der Waals surface area (Å²) in [5.74, 6) is 0.350. The predicted molar refractivity (Wildman–Crippen MR) is 91.8 cm³/mol. The smallest absolute Gasteiger partial charge is 0.234 e. The first-order chi connectivity index (χ1) is 11.1. The molecular weight excluding hydrogens is 310 g/mol. The second-order valence-corrected chi connectivity index (χ2v) is 6.33. The van der Waals surface area contributed by atoms with Gasteiger partial charge in [0.25, 0.3) is 0 Å². The molecule has 0 saturated carbocycles. The summed E-state index contributed by atoms with van der Waals surface area (Å²) in [4.78, 5) is 30.3. The number of hydrogen-bond acceptors (Lipinski definition) is 4. The van der Waals surface area contributed by atoms with Gasteiger partial charge in [-0.2, -0.15) is 0 Å². The van der Waals surface area contributed by atoms with Crippen molar-refractivity contribution in [1.82, 2.24) is 4.98 Å². The van der Waals surface area contributed by atoms with Crippen LogP contribution in [0.3, 0.4) is 0 Å². The van der Waals surface area contributed by atoms with Crippen LogP contribution in [0.4, 0.5) is 11.4 Å². The van der Waals surface area contributed by atoms with E-state index in [0.717, 1.165) is 28.3 Å². The topological polar surface area (TPSA) is 62.3 Å². The normalized spacial score (nSPS) is 12.8. The molecule has 118 valence electrons. The number of aromatic nitrogens is 1. The zero-order valence-corrected chi connectivity index (χ0v) is 13.6. The Balaban J connectivity index is 1.60. The summed E-state index contributed by atoms with van der Waals surface area (Å²) in [5.41, 5.74) is 2.82. The number of carbonyl (C=O) groups excluding carboxylic acids is 2. The summed E-state index contributed by atoms with van der Waals surface area (Å²) >= 11 is 1.47. The summed E-state index contributed by atoms with van der Waals surface area (Å²) in [6.07, 6.45) is 4.24. The number of carbonyl (C=O) groups is 2. The standard InChI is InChI=1S/C17H17N3O2S/c1-12(21)20-9-6-13-10-14(2-3-16(13)20)19-17(22)11-23-15-4-7-18-8-5-15/h2-5,7-8,10H,6,9,11H2,1H3,(H,19,22). The van der Waals surface area contributed by atoms with Crippen molar-refractivity contribution in [2.75, 3.05) is 22.5 Å². The van der Waals surface area contributed by atoms with Gasteiger partial charge >= 0.3 is 0 Å². The number of nitrogens with zero attached hydrogens (tertiary/aromatic N) is 2. The average molecular weight is 327 g/mol. The quantitative estimate of drug-likeness (QED) is 0.877. The molecule has 0 aliphatic carbocycles. The fraction of sp³-hybridized carbons (Fsp3) is 0.235. The van der Waals surface area contributed by atoms with Crippen molar-refractivity contribution in [1.29, 1.82) is 0 Å². The van der Waals surface area contributed by atoms with E-state index >= 15 is 0 Å². The number of hydrogen-bond donors (Lipinski definition) is 1. The van der Waals surface area contributed by atoms with Crippen molar-refractivity contribution in [2.24, 2.45) is 0 Å². The maximum absolute atomic E-state index is 12.0. The fourth-order valence-electron chi connectivity index (χ4n) is 2.59. The zero-order valence-electron chi connectivity index (χ0n) is 12.8. The Morgan fingerprint density at radius 2 is 2.04 bits per heavy atom. The summed E-state index contributed by atoms with van der Waals surface area (Å²) in [7, 11) is 0. The number of anilines is 2. The van der Waals surface area contributed by atoms with Gasteiger partial charge in [-0.15, -0.1) is 11.8 Å². The number of benzene rings is 1. The molecular formula is C17H17N3O2S. The van der Waals surface area contributed by atoms with Crippen LogP contribution in [0, 0.1) is 0 Å². The number of pyridine rings is 1. The third-order valence-electron chi connectivity index (χ3n) is 3.66. The molecule has 5 nitrogen and oxygen atoms in total.